The summed E-state index contributed by atoms with van der Waals surface area (Å²) in [5.74, 6) is -0.106. The zero-order valence-corrected chi connectivity index (χ0v) is 6.19. The average Bonchev–Trinajstić information content (AvgIpc) is 1.86. The fourth-order valence-corrected chi connectivity index (χ4v) is 0.446. The first-order chi connectivity index (χ1) is 4.04. The van der Waals surface area contributed by atoms with Crippen LogP contribution in [0.4, 0.5) is 0 Å². The van der Waals surface area contributed by atoms with Crippen LogP contribution in [0, 0.1) is 0 Å². The molecule has 0 aliphatic heterocycles. The number of carbonyl (C=O) groups excluding carboxylic acids is 1. The van der Waals surface area contributed by atoms with E-state index in [1.165, 1.54) is 0 Å². The zero-order chi connectivity index (χ0) is 7.49. The molecule has 0 rings (SSSR count). The van der Waals surface area contributed by atoms with Crippen LogP contribution in [0.2, 0.25) is 0 Å². The SMILES string of the molecule is CCC(C)(N)C(=O)NC. The van der Waals surface area contributed by atoms with E-state index in [4.69, 9.17) is 5.73 Å². The molecule has 0 aromatic carbocycles. The van der Waals surface area contributed by atoms with Gasteiger partial charge >= 0.3 is 0 Å². The van der Waals surface area contributed by atoms with Gasteiger partial charge in [0.15, 0.2) is 0 Å². The highest BCUT2D eigenvalue weighted by molar-refractivity contribution is 5.85. The van der Waals surface area contributed by atoms with E-state index in [0.717, 1.165) is 0 Å². The molecular weight excluding hydrogens is 116 g/mol. The summed E-state index contributed by atoms with van der Waals surface area (Å²) in [4.78, 5) is 10.8. The summed E-state index contributed by atoms with van der Waals surface area (Å²) in [6.07, 6.45) is 0.659. The van der Waals surface area contributed by atoms with E-state index in [9.17, 15) is 4.79 Å². The minimum atomic E-state index is -0.700. The van der Waals surface area contributed by atoms with Gasteiger partial charge in [-0.3, -0.25) is 4.79 Å². The van der Waals surface area contributed by atoms with Crippen LogP contribution < -0.4 is 11.1 Å². The highest BCUT2D eigenvalue weighted by atomic mass is 16.2. The normalized spacial score (nSPS) is 16.4. The number of nitrogens with two attached hydrogens (primary N) is 1. The Balaban J connectivity index is 3.97. The van der Waals surface area contributed by atoms with Gasteiger partial charge in [0.1, 0.15) is 0 Å². The van der Waals surface area contributed by atoms with Gasteiger partial charge in [0.2, 0.25) is 5.91 Å². The van der Waals surface area contributed by atoms with Crippen molar-refractivity contribution in [3.8, 4) is 0 Å². The Morgan fingerprint density at radius 2 is 2.22 bits per heavy atom. The van der Waals surface area contributed by atoms with Gasteiger partial charge < -0.3 is 11.1 Å². The number of likely N-dealkylation sites (N-methyl/N-ethyl adjacent to an activating group) is 1. The van der Waals surface area contributed by atoms with E-state index >= 15 is 0 Å². The van der Waals surface area contributed by atoms with E-state index in [0.29, 0.717) is 6.42 Å². The summed E-state index contributed by atoms with van der Waals surface area (Å²) in [7, 11) is 1.59. The predicted octanol–water partition coefficient (Wildman–Crippen LogP) is -0.140. The zero-order valence-electron chi connectivity index (χ0n) is 6.19. The van der Waals surface area contributed by atoms with Crippen molar-refractivity contribution >= 4 is 5.91 Å². The number of rotatable bonds is 2. The van der Waals surface area contributed by atoms with E-state index in [2.05, 4.69) is 5.32 Å². The molecule has 0 saturated carbocycles. The van der Waals surface area contributed by atoms with Gasteiger partial charge in [-0.25, -0.2) is 0 Å². The van der Waals surface area contributed by atoms with Gasteiger partial charge in [0, 0.05) is 7.05 Å². The molecule has 0 radical (unpaired) electrons. The fraction of sp³-hybridized carbons (Fsp3) is 0.833. The quantitative estimate of drug-likeness (QED) is 0.546. The third kappa shape index (κ3) is 2.01. The van der Waals surface area contributed by atoms with Crippen LogP contribution in [0.3, 0.4) is 0 Å². The van der Waals surface area contributed by atoms with Crippen LogP contribution >= 0.6 is 0 Å². The minimum Gasteiger partial charge on any atom is -0.358 e. The average molecular weight is 130 g/mol. The second-order valence-corrected chi connectivity index (χ2v) is 2.35. The first-order valence-corrected chi connectivity index (χ1v) is 3.05. The molecule has 1 amide bonds. The van der Waals surface area contributed by atoms with E-state index in [1.807, 2.05) is 6.92 Å². The minimum absolute atomic E-state index is 0.106. The summed E-state index contributed by atoms with van der Waals surface area (Å²) in [6.45, 7) is 3.60. The van der Waals surface area contributed by atoms with Crippen molar-refractivity contribution in [3.05, 3.63) is 0 Å². The number of carbonyl (C=O) groups is 1. The van der Waals surface area contributed by atoms with Crippen molar-refractivity contribution < 1.29 is 4.79 Å². The molecule has 0 bridgehead atoms. The Hall–Kier alpha value is -0.570. The summed E-state index contributed by atoms with van der Waals surface area (Å²) in [6, 6.07) is 0. The van der Waals surface area contributed by atoms with E-state index in [-0.39, 0.29) is 5.91 Å². The van der Waals surface area contributed by atoms with Crippen molar-refractivity contribution in [2.45, 2.75) is 25.8 Å². The maximum Gasteiger partial charge on any atom is 0.239 e. The Bertz CT molecular complexity index is 110. The molecule has 0 aromatic rings. The Morgan fingerprint density at radius 3 is 2.33 bits per heavy atom. The fourth-order valence-electron chi connectivity index (χ4n) is 0.446. The van der Waals surface area contributed by atoms with E-state index in [1.54, 1.807) is 14.0 Å². The smallest absolute Gasteiger partial charge is 0.239 e. The molecule has 1 unspecified atom stereocenters. The van der Waals surface area contributed by atoms with Crippen molar-refractivity contribution in [2.75, 3.05) is 7.05 Å². The maximum atomic E-state index is 10.8. The van der Waals surface area contributed by atoms with Crippen LogP contribution in [0.15, 0.2) is 0 Å². The van der Waals surface area contributed by atoms with Gasteiger partial charge in [-0.15, -0.1) is 0 Å². The number of amides is 1. The second kappa shape index (κ2) is 2.82. The predicted molar refractivity (Wildman–Crippen MR) is 37.0 cm³/mol. The van der Waals surface area contributed by atoms with Crippen molar-refractivity contribution in [3.63, 3.8) is 0 Å². The highest BCUT2D eigenvalue weighted by Crippen LogP contribution is 2.02. The Labute approximate surface area is 55.6 Å². The highest BCUT2D eigenvalue weighted by Gasteiger charge is 2.23. The summed E-state index contributed by atoms with van der Waals surface area (Å²) < 4.78 is 0. The van der Waals surface area contributed by atoms with Crippen molar-refractivity contribution in [2.24, 2.45) is 5.73 Å². The largest absolute Gasteiger partial charge is 0.358 e. The molecule has 9 heavy (non-hydrogen) atoms. The van der Waals surface area contributed by atoms with Crippen LogP contribution in [0.5, 0.6) is 0 Å². The van der Waals surface area contributed by atoms with Gasteiger partial charge in [-0.1, -0.05) is 6.92 Å². The molecule has 0 aliphatic rings. The van der Waals surface area contributed by atoms with Gasteiger partial charge in [-0.05, 0) is 13.3 Å². The van der Waals surface area contributed by atoms with Gasteiger partial charge in [0.25, 0.3) is 0 Å². The molecule has 54 valence electrons. The van der Waals surface area contributed by atoms with E-state index < -0.39 is 5.54 Å². The molecule has 3 N–H and O–H groups in total. The topological polar surface area (TPSA) is 55.1 Å². The monoisotopic (exact) mass is 130 g/mol. The first kappa shape index (κ1) is 8.43. The molecule has 1 atom stereocenters. The summed E-state index contributed by atoms with van der Waals surface area (Å²) in [5.41, 5.74) is 4.86. The standard InChI is InChI=1S/C6H14N2O/c1-4-6(2,7)5(9)8-3/h4,7H2,1-3H3,(H,8,9). The first-order valence-electron chi connectivity index (χ1n) is 3.05. The van der Waals surface area contributed by atoms with Gasteiger partial charge in [0.05, 0.1) is 5.54 Å². The lowest BCUT2D eigenvalue weighted by molar-refractivity contribution is -0.125. The lowest BCUT2D eigenvalue weighted by atomic mass is 10.00. The van der Waals surface area contributed by atoms with Crippen molar-refractivity contribution in [1.29, 1.82) is 0 Å². The van der Waals surface area contributed by atoms with Crippen LogP contribution in [-0.4, -0.2) is 18.5 Å². The van der Waals surface area contributed by atoms with Gasteiger partial charge in [-0.2, -0.15) is 0 Å². The molecule has 0 aromatic heterocycles. The Morgan fingerprint density at radius 1 is 1.78 bits per heavy atom. The molecule has 0 spiro atoms. The summed E-state index contributed by atoms with van der Waals surface area (Å²) in [5, 5.41) is 2.49. The van der Waals surface area contributed by atoms with Crippen molar-refractivity contribution in [1.82, 2.24) is 5.32 Å². The summed E-state index contributed by atoms with van der Waals surface area (Å²) >= 11 is 0. The third-order valence-corrected chi connectivity index (χ3v) is 1.48. The third-order valence-electron chi connectivity index (χ3n) is 1.48. The number of hydrogen-bond acceptors (Lipinski definition) is 2. The second-order valence-electron chi connectivity index (χ2n) is 2.35. The van der Waals surface area contributed by atoms with Crippen LogP contribution in [-0.2, 0) is 4.79 Å². The molecule has 3 heteroatoms. The maximum absolute atomic E-state index is 10.8. The Kier molecular flexibility index (Phi) is 2.65. The van der Waals surface area contributed by atoms with Crippen LogP contribution in [0.1, 0.15) is 20.3 Å². The molecule has 0 heterocycles. The molecular formula is C6H14N2O. The molecule has 0 saturated heterocycles. The lowest BCUT2D eigenvalue weighted by Gasteiger charge is -2.19. The molecule has 0 aliphatic carbocycles. The van der Waals surface area contributed by atoms with Crippen LogP contribution in [0.25, 0.3) is 0 Å². The molecule has 3 nitrogen and oxygen atoms in total. The number of hydrogen-bond donors (Lipinski definition) is 2. The lowest BCUT2D eigenvalue weighted by Crippen LogP contribution is -2.49. The number of nitrogens with one attached hydrogen (secondary N) is 1. The molecule has 0 fully saturated rings.